The van der Waals surface area contributed by atoms with Gasteiger partial charge in [0.25, 0.3) is 5.69 Å². The van der Waals surface area contributed by atoms with Gasteiger partial charge in [0.15, 0.2) is 15.6 Å². The molecule has 0 atom stereocenters. The number of benzene rings is 1. The molecule has 2 rings (SSSR count). The van der Waals surface area contributed by atoms with Crippen molar-refractivity contribution in [2.45, 2.75) is 24.2 Å². The zero-order valence-electron chi connectivity index (χ0n) is 14.4. The predicted molar refractivity (Wildman–Crippen MR) is 94.4 cm³/mol. The average molecular weight is 416 g/mol. The molecular formula is C15H16N2O8S2. The molecule has 10 nitrogen and oxygen atoms in total. The van der Waals surface area contributed by atoms with E-state index in [1.54, 1.807) is 0 Å². The van der Waals surface area contributed by atoms with Crippen LogP contribution in [0.5, 0.6) is 0 Å². The van der Waals surface area contributed by atoms with Crippen molar-refractivity contribution in [3.05, 3.63) is 45.1 Å². The minimum absolute atomic E-state index is 0.00869. The Balaban J connectivity index is 2.67. The molecule has 0 amide bonds. The molecule has 27 heavy (non-hydrogen) atoms. The van der Waals surface area contributed by atoms with Gasteiger partial charge in [-0.15, -0.1) is 0 Å². The van der Waals surface area contributed by atoms with Crippen molar-refractivity contribution in [1.82, 2.24) is 4.72 Å². The summed E-state index contributed by atoms with van der Waals surface area (Å²) in [6.07, 6.45) is 2.13. The molecule has 0 bridgehead atoms. The van der Waals surface area contributed by atoms with E-state index in [0.29, 0.717) is 6.42 Å². The number of hydrogen-bond acceptors (Lipinski definition) is 8. The maximum Gasteiger partial charge on any atom is 0.281 e. The molecular weight excluding hydrogens is 400 g/mol. The molecule has 1 aromatic rings. The number of Topliss-reactive ketones (excluding diaryl/α,β-unsaturated/α-hetero) is 2. The summed E-state index contributed by atoms with van der Waals surface area (Å²) >= 11 is 0. The topological polar surface area (TPSA) is 158 Å². The van der Waals surface area contributed by atoms with Crippen molar-refractivity contribution in [3.8, 4) is 0 Å². The van der Waals surface area contributed by atoms with Crippen LogP contribution in [0.2, 0.25) is 0 Å². The third-order valence-corrected chi connectivity index (χ3v) is 5.51. The standard InChI is InChI=1S/C15H16N2O8S2/c1-26(22,23)9-6-7-10(12(8-9)17(20)21)15(19)14-11(16-27(2,24)25)4-3-5-13(14)18/h6-8,16H,3-5H2,1-2H3. The summed E-state index contributed by atoms with van der Waals surface area (Å²) in [7, 11) is -7.53. The van der Waals surface area contributed by atoms with Gasteiger partial charge in [0, 0.05) is 24.4 Å². The second-order valence-corrected chi connectivity index (χ2v) is 9.81. The third kappa shape index (κ3) is 4.77. The Hall–Kier alpha value is -2.60. The Morgan fingerprint density at radius 3 is 2.30 bits per heavy atom. The van der Waals surface area contributed by atoms with Gasteiger partial charge in [-0.3, -0.25) is 24.4 Å². The SMILES string of the molecule is CS(=O)(=O)NC1=C(C(=O)c2ccc(S(C)(=O)=O)cc2[N+](=O)[O-])C(=O)CCC1. The number of sulfone groups is 1. The lowest BCUT2D eigenvalue weighted by Crippen LogP contribution is -2.30. The van der Waals surface area contributed by atoms with Crippen molar-refractivity contribution >= 4 is 37.1 Å². The van der Waals surface area contributed by atoms with Crippen LogP contribution in [0.1, 0.15) is 29.6 Å². The number of ketones is 2. The number of nitro benzene ring substituents is 1. The third-order valence-electron chi connectivity index (χ3n) is 3.79. The zero-order chi connectivity index (χ0) is 20.6. The highest BCUT2D eigenvalue weighted by Gasteiger charge is 2.33. The summed E-state index contributed by atoms with van der Waals surface area (Å²) < 4.78 is 48.3. The van der Waals surface area contributed by atoms with E-state index in [4.69, 9.17) is 0 Å². The van der Waals surface area contributed by atoms with E-state index in [2.05, 4.69) is 4.72 Å². The highest BCUT2D eigenvalue weighted by molar-refractivity contribution is 7.90. The van der Waals surface area contributed by atoms with Crippen LogP contribution in [0.4, 0.5) is 5.69 Å². The quantitative estimate of drug-likeness (QED) is 0.308. The Kier molecular flexibility index (Phi) is 5.52. The van der Waals surface area contributed by atoms with Gasteiger partial charge >= 0.3 is 0 Å². The van der Waals surface area contributed by atoms with E-state index in [1.165, 1.54) is 0 Å². The van der Waals surface area contributed by atoms with E-state index in [9.17, 15) is 36.5 Å². The Labute approximate surface area is 155 Å². The zero-order valence-corrected chi connectivity index (χ0v) is 16.0. The fourth-order valence-corrected chi connectivity index (χ4v) is 3.95. The molecule has 0 saturated carbocycles. The minimum atomic E-state index is -3.77. The van der Waals surface area contributed by atoms with E-state index in [1.807, 2.05) is 0 Å². The summed E-state index contributed by atoms with van der Waals surface area (Å²) in [5, 5.41) is 11.3. The number of rotatable bonds is 6. The second-order valence-electron chi connectivity index (χ2n) is 6.04. The molecule has 0 saturated heterocycles. The molecule has 0 aliphatic heterocycles. The van der Waals surface area contributed by atoms with Crippen molar-refractivity contribution in [1.29, 1.82) is 0 Å². The van der Waals surface area contributed by atoms with Gasteiger partial charge in [0.1, 0.15) is 5.56 Å². The lowest BCUT2D eigenvalue weighted by atomic mass is 9.89. The van der Waals surface area contributed by atoms with Gasteiger partial charge in [-0.2, -0.15) is 0 Å². The molecule has 1 aliphatic rings. The number of carbonyl (C=O) groups excluding carboxylic acids is 2. The van der Waals surface area contributed by atoms with E-state index in [-0.39, 0.29) is 23.4 Å². The van der Waals surface area contributed by atoms with Crippen molar-refractivity contribution in [3.63, 3.8) is 0 Å². The molecule has 0 aromatic heterocycles. The van der Waals surface area contributed by atoms with E-state index >= 15 is 0 Å². The summed E-state index contributed by atoms with van der Waals surface area (Å²) in [6.45, 7) is 0. The van der Waals surface area contributed by atoms with Crippen LogP contribution in [-0.4, -0.2) is 45.8 Å². The van der Waals surface area contributed by atoms with Gasteiger partial charge in [0.2, 0.25) is 15.8 Å². The molecule has 1 N–H and O–H groups in total. The lowest BCUT2D eigenvalue weighted by Gasteiger charge is -2.19. The number of hydrogen-bond donors (Lipinski definition) is 1. The van der Waals surface area contributed by atoms with E-state index in [0.717, 1.165) is 30.7 Å². The summed E-state index contributed by atoms with van der Waals surface area (Å²) in [5.74, 6) is -1.67. The minimum Gasteiger partial charge on any atom is -0.294 e. The smallest absolute Gasteiger partial charge is 0.281 e. The molecule has 0 unspecified atom stereocenters. The van der Waals surface area contributed by atoms with Crippen LogP contribution >= 0.6 is 0 Å². The van der Waals surface area contributed by atoms with Crippen molar-refractivity contribution in [2.24, 2.45) is 0 Å². The number of nitrogens with zero attached hydrogens (tertiary/aromatic N) is 1. The molecule has 12 heteroatoms. The number of allylic oxidation sites excluding steroid dienone is 2. The predicted octanol–water partition coefficient (Wildman–Crippen LogP) is 0.737. The first-order valence-electron chi connectivity index (χ1n) is 7.58. The van der Waals surface area contributed by atoms with Gasteiger partial charge < -0.3 is 0 Å². The van der Waals surface area contributed by atoms with E-state index < -0.39 is 53.2 Å². The lowest BCUT2D eigenvalue weighted by molar-refractivity contribution is -0.385. The number of nitrogens with one attached hydrogen (secondary N) is 1. The molecule has 0 heterocycles. The van der Waals surface area contributed by atoms with Gasteiger partial charge in [-0.1, -0.05) is 0 Å². The highest BCUT2D eigenvalue weighted by Crippen LogP contribution is 2.29. The fraction of sp³-hybridized carbons (Fsp3) is 0.333. The van der Waals surface area contributed by atoms with Crippen LogP contribution in [0.15, 0.2) is 34.4 Å². The highest BCUT2D eigenvalue weighted by atomic mass is 32.2. The number of carbonyl (C=O) groups is 2. The maximum atomic E-state index is 12.8. The van der Waals surface area contributed by atoms with Crippen LogP contribution in [0, 0.1) is 10.1 Å². The summed E-state index contributed by atoms with van der Waals surface area (Å²) in [5.41, 5.74) is -1.87. The Morgan fingerprint density at radius 1 is 1.15 bits per heavy atom. The number of nitro groups is 1. The first kappa shape index (κ1) is 20.7. The summed E-state index contributed by atoms with van der Waals surface area (Å²) in [4.78, 5) is 35.1. The van der Waals surface area contributed by atoms with Crippen LogP contribution < -0.4 is 4.72 Å². The second kappa shape index (κ2) is 7.19. The Morgan fingerprint density at radius 2 is 1.78 bits per heavy atom. The van der Waals surface area contributed by atoms with Gasteiger partial charge in [0.05, 0.1) is 21.6 Å². The van der Waals surface area contributed by atoms with Gasteiger partial charge in [-0.25, -0.2) is 16.8 Å². The average Bonchev–Trinajstić information content (AvgIpc) is 2.51. The van der Waals surface area contributed by atoms with Crippen LogP contribution in [0.25, 0.3) is 0 Å². The molecule has 0 fully saturated rings. The molecule has 146 valence electrons. The van der Waals surface area contributed by atoms with Crippen molar-refractivity contribution in [2.75, 3.05) is 12.5 Å². The first-order chi connectivity index (χ1) is 12.3. The normalized spacial score (nSPS) is 15.6. The van der Waals surface area contributed by atoms with Crippen LogP contribution in [0.3, 0.4) is 0 Å². The number of sulfonamides is 1. The fourth-order valence-electron chi connectivity index (χ4n) is 2.65. The Bertz CT molecular complexity index is 1080. The monoisotopic (exact) mass is 416 g/mol. The molecule has 0 spiro atoms. The molecule has 1 aromatic carbocycles. The molecule has 1 aliphatic carbocycles. The van der Waals surface area contributed by atoms with Gasteiger partial charge in [-0.05, 0) is 25.0 Å². The largest absolute Gasteiger partial charge is 0.294 e. The van der Waals surface area contributed by atoms with Crippen LogP contribution in [-0.2, 0) is 24.7 Å². The maximum absolute atomic E-state index is 12.8. The first-order valence-corrected chi connectivity index (χ1v) is 11.4. The molecule has 0 radical (unpaired) electrons. The van der Waals surface area contributed by atoms with Crippen molar-refractivity contribution < 1.29 is 31.3 Å². The summed E-state index contributed by atoms with van der Waals surface area (Å²) in [6, 6.07) is 2.71.